The Bertz CT molecular complexity index is 1030. The fraction of sp³-hybridized carbons (Fsp3) is 0.577. The Hall–Kier alpha value is -1.87. The molecule has 2 N–H and O–H groups in total. The number of hydrogen-bond acceptors (Lipinski definition) is 2. The van der Waals surface area contributed by atoms with E-state index in [9.17, 15) is 0 Å². The maximum absolute atomic E-state index is 6.34. The predicted octanol–water partition coefficient (Wildman–Crippen LogP) is 5.78. The lowest BCUT2D eigenvalue weighted by Crippen LogP contribution is -2.50. The van der Waals surface area contributed by atoms with Gasteiger partial charge in [0.2, 0.25) is 0 Å². The van der Waals surface area contributed by atoms with Crippen molar-refractivity contribution < 1.29 is 0 Å². The van der Waals surface area contributed by atoms with Gasteiger partial charge in [-0.25, -0.2) is 4.98 Å². The molecule has 1 aromatic heterocycles. The van der Waals surface area contributed by atoms with Crippen LogP contribution in [0.4, 0.5) is 0 Å². The zero-order valence-corrected chi connectivity index (χ0v) is 17.8. The highest BCUT2D eigenvalue weighted by atomic mass is 15.1. The average Bonchev–Trinajstić information content (AvgIpc) is 3.29. The Balaban J connectivity index is 1.36. The van der Waals surface area contributed by atoms with Crippen molar-refractivity contribution in [2.75, 3.05) is 0 Å². The highest BCUT2D eigenvalue weighted by Gasteiger charge is 2.57. The van der Waals surface area contributed by atoms with Crippen LogP contribution in [-0.2, 0) is 0 Å². The molecule has 0 bridgehead atoms. The molecule has 4 aliphatic rings. The lowest BCUT2D eigenvalue weighted by atomic mass is 9.47. The number of benzene rings is 1. The van der Waals surface area contributed by atoms with Gasteiger partial charge >= 0.3 is 0 Å². The van der Waals surface area contributed by atoms with E-state index in [1.54, 1.807) is 5.57 Å². The molecule has 3 heteroatoms. The molecule has 0 radical (unpaired) electrons. The Kier molecular flexibility index (Phi) is 3.76. The van der Waals surface area contributed by atoms with Gasteiger partial charge in [-0.3, -0.25) is 0 Å². The summed E-state index contributed by atoms with van der Waals surface area (Å²) in [5.74, 6) is 2.39. The van der Waals surface area contributed by atoms with Gasteiger partial charge < -0.3 is 10.3 Å². The Morgan fingerprint density at radius 1 is 1.00 bits per heavy atom. The number of nitrogens with zero attached hydrogens (tertiary/aromatic N) is 2. The maximum Gasteiger partial charge on any atom is 0.100 e. The molecule has 152 valence electrons. The van der Waals surface area contributed by atoms with Crippen molar-refractivity contribution in [3.05, 3.63) is 48.3 Å². The number of nitrogens with two attached hydrogens (primary N) is 1. The van der Waals surface area contributed by atoms with Gasteiger partial charge in [-0.05, 0) is 80.2 Å². The van der Waals surface area contributed by atoms with Gasteiger partial charge in [0.1, 0.15) is 6.33 Å². The first-order chi connectivity index (χ1) is 14.0. The third-order valence-corrected chi connectivity index (χ3v) is 9.40. The van der Waals surface area contributed by atoms with Crippen molar-refractivity contribution >= 4 is 16.7 Å². The Morgan fingerprint density at radius 2 is 1.83 bits per heavy atom. The Labute approximate surface area is 174 Å². The van der Waals surface area contributed by atoms with Gasteiger partial charge in [0.05, 0.1) is 11.0 Å². The fourth-order valence-electron chi connectivity index (χ4n) is 7.76. The smallest absolute Gasteiger partial charge is 0.100 e. The zero-order valence-electron chi connectivity index (χ0n) is 17.8. The zero-order chi connectivity index (χ0) is 19.8. The number of imidazole rings is 1. The monoisotopic (exact) mass is 387 g/mol. The Morgan fingerprint density at radius 3 is 2.72 bits per heavy atom. The van der Waals surface area contributed by atoms with E-state index in [1.165, 1.54) is 49.7 Å². The van der Waals surface area contributed by atoms with E-state index in [2.05, 4.69) is 66.1 Å². The van der Waals surface area contributed by atoms with Crippen molar-refractivity contribution in [3.63, 3.8) is 0 Å². The molecule has 1 heterocycles. The van der Waals surface area contributed by atoms with E-state index < -0.39 is 0 Å². The quantitative estimate of drug-likeness (QED) is 0.631. The van der Waals surface area contributed by atoms with E-state index in [0.29, 0.717) is 11.5 Å². The summed E-state index contributed by atoms with van der Waals surface area (Å²) >= 11 is 0. The first kappa shape index (κ1) is 17.9. The van der Waals surface area contributed by atoms with Gasteiger partial charge in [0.15, 0.2) is 0 Å². The molecule has 2 saturated carbocycles. The second kappa shape index (κ2) is 6.07. The van der Waals surface area contributed by atoms with E-state index >= 15 is 0 Å². The van der Waals surface area contributed by atoms with Crippen LogP contribution in [0.3, 0.4) is 0 Å². The van der Waals surface area contributed by atoms with Gasteiger partial charge in [-0.1, -0.05) is 43.7 Å². The largest absolute Gasteiger partial charge is 0.327 e. The van der Waals surface area contributed by atoms with Crippen molar-refractivity contribution in [2.45, 2.75) is 64.8 Å². The third kappa shape index (κ3) is 2.37. The minimum absolute atomic E-state index is 0.261. The fourth-order valence-corrected chi connectivity index (χ4v) is 7.76. The molecule has 0 unspecified atom stereocenters. The van der Waals surface area contributed by atoms with Crippen LogP contribution in [0.25, 0.3) is 16.7 Å². The molecule has 6 atom stereocenters. The molecule has 2 fully saturated rings. The first-order valence-electron chi connectivity index (χ1n) is 11.6. The average molecular weight is 388 g/mol. The molecule has 0 aliphatic heterocycles. The molecule has 3 nitrogen and oxygen atoms in total. The van der Waals surface area contributed by atoms with E-state index in [-0.39, 0.29) is 5.41 Å². The third-order valence-electron chi connectivity index (χ3n) is 9.40. The molecular formula is C26H33N3. The topological polar surface area (TPSA) is 43.8 Å². The molecule has 0 saturated heterocycles. The van der Waals surface area contributed by atoms with Crippen LogP contribution >= 0.6 is 0 Å². The summed E-state index contributed by atoms with van der Waals surface area (Å²) in [6, 6.07) is 8.94. The van der Waals surface area contributed by atoms with E-state index in [4.69, 9.17) is 5.73 Å². The van der Waals surface area contributed by atoms with Crippen molar-refractivity contribution in [2.24, 2.45) is 34.3 Å². The minimum Gasteiger partial charge on any atom is -0.327 e. The summed E-state index contributed by atoms with van der Waals surface area (Å²) < 4.78 is 2.39. The standard InChI is InChI=1S/C26H33N3/c1-25-13-11-18(27)15-17(25)7-8-19-20-9-10-24(26(20,2)14-12-21(19)25)29-16-28-22-5-3-4-6-23(22)29/h3-7,10,16,18-21H,8-9,11-15,27H2,1-2H3/t18-,19-,20-,21-,25-,26-/m0/s1. The van der Waals surface area contributed by atoms with E-state index in [0.717, 1.165) is 29.7 Å². The van der Waals surface area contributed by atoms with Crippen molar-refractivity contribution in [1.29, 1.82) is 0 Å². The number of hydrogen-bond donors (Lipinski definition) is 1. The minimum atomic E-state index is 0.261. The second-order valence-corrected chi connectivity index (χ2v) is 10.6. The second-order valence-electron chi connectivity index (χ2n) is 10.6. The molecule has 29 heavy (non-hydrogen) atoms. The summed E-state index contributed by atoms with van der Waals surface area (Å²) in [6.07, 6.45) is 15.9. The van der Waals surface area contributed by atoms with Gasteiger partial charge in [-0.15, -0.1) is 0 Å². The van der Waals surface area contributed by atoms with E-state index in [1.807, 2.05) is 0 Å². The van der Waals surface area contributed by atoms with Gasteiger partial charge in [0.25, 0.3) is 0 Å². The number of allylic oxidation sites excluding steroid dienone is 3. The van der Waals surface area contributed by atoms with Gasteiger partial charge in [0, 0.05) is 17.2 Å². The first-order valence-corrected chi connectivity index (χ1v) is 11.6. The van der Waals surface area contributed by atoms with Crippen molar-refractivity contribution in [1.82, 2.24) is 9.55 Å². The van der Waals surface area contributed by atoms with Crippen LogP contribution in [-0.4, -0.2) is 15.6 Å². The summed E-state index contributed by atoms with van der Waals surface area (Å²) in [5.41, 5.74) is 12.5. The predicted molar refractivity (Wildman–Crippen MR) is 119 cm³/mol. The summed E-state index contributed by atoms with van der Waals surface area (Å²) in [5, 5.41) is 0. The van der Waals surface area contributed by atoms with Crippen LogP contribution in [0.15, 0.2) is 48.3 Å². The molecule has 6 rings (SSSR count). The number of fused-ring (bicyclic) bond motifs is 6. The van der Waals surface area contributed by atoms with Crippen LogP contribution < -0.4 is 5.73 Å². The number of aromatic nitrogens is 2. The molecule has 0 spiro atoms. The summed E-state index contributed by atoms with van der Waals surface area (Å²) in [7, 11) is 0. The SMILES string of the molecule is C[C@]12CC[C@H](N)CC1=CC[C@@H]1[C@@H]2CC[C@]2(C)C(n3cnc4ccccc43)=CC[C@@H]12. The van der Waals surface area contributed by atoms with Crippen LogP contribution in [0.2, 0.25) is 0 Å². The normalized spacial score (nSPS) is 41.3. The molecule has 4 aliphatic carbocycles. The number of rotatable bonds is 1. The van der Waals surface area contributed by atoms with Crippen LogP contribution in [0.5, 0.6) is 0 Å². The molecular weight excluding hydrogens is 354 g/mol. The van der Waals surface area contributed by atoms with Gasteiger partial charge in [-0.2, -0.15) is 0 Å². The molecule has 1 aromatic carbocycles. The maximum atomic E-state index is 6.34. The summed E-state index contributed by atoms with van der Waals surface area (Å²) in [6.45, 7) is 5.11. The highest BCUT2D eigenvalue weighted by molar-refractivity contribution is 5.80. The number of para-hydroxylation sites is 2. The highest BCUT2D eigenvalue weighted by Crippen LogP contribution is 2.65. The van der Waals surface area contributed by atoms with Crippen molar-refractivity contribution in [3.8, 4) is 0 Å². The van der Waals surface area contributed by atoms with Crippen LogP contribution in [0.1, 0.15) is 58.8 Å². The lowest BCUT2D eigenvalue weighted by molar-refractivity contribution is -0.0126. The molecule has 0 amide bonds. The lowest BCUT2D eigenvalue weighted by Gasteiger charge is -2.57. The summed E-state index contributed by atoms with van der Waals surface area (Å²) in [4.78, 5) is 4.69. The molecule has 2 aromatic rings. The van der Waals surface area contributed by atoms with Crippen LogP contribution in [0, 0.1) is 28.6 Å².